The molecule has 0 aliphatic carbocycles. The Bertz CT molecular complexity index is 837. The molecule has 7 heteroatoms. The summed E-state index contributed by atoms with van der Waals surface area (Å²) in [7, 11) is 0. The minimum atomic E-state index is -0.331. The second-order valence-electron chi connectivity index (χ2n) is 6.62. The molecule has 0 bridgehead atoms. The fraction of sp³-hybridized carbons (Fsp3) is 0.350. The molecule has 142 valence electrons. The second kappa shape index (κ2) is 8.07. The summed E-state index contributed by atoms with van der Waals surface area (Å²) in [6.45, 7) is 5.56. The monoisotopic (exact) mass is 369 g/mol. The lowest BCUT2D eigenvalue weighted by Crippen LogP contribution is -2.51. The Hall–Kier alpha value is -3.09. The van der Waals surface area contributed by atoms with E-state index in [-0.39, 0.29) is 24.1 Å². The maximum Gasteiger partial charge on any atom is 0.289 e. The van der Waals surface area contributed by atoms with Crippen LogP contribution in [0.2, 0.25) is 0 Å². The van der Waals surface area contributed by atoms with Crippen LogP contribution in [0.15, 0.2) is 41.0 Å². The van der Waals surface area contributed by atoms with Gasteiger partial charge in [-0.3, -0.25) is 14.4 Å². The van der Waals surface area contributed by atoms with Gasteiger partial charge >= 0.3 is 0 Å². The highest BCUT2D eigenvalue weighted by atomic mass is 16.3. The molecule has 1 aliphatic rings. The van der Waals surface area contributed by atoms with E-state index in [0.29, 0.717) is 31.9 Å². The Balaban J connectivity index is 1.50. The number of carbonyl (C=O) groups is 3. The number of hydrogen-bond acceptors (Lipinski definition) is 4. The lowest BCUT2D eigenvalue weighted by molar-refractivity contribution is -0.135. The average Bonchev–Trinajstić information content (AvgIpc) is 3.19. The van der Waals surface area contributed by atoms with Crippen LogP contribution >= 0.6 is 0 Å². The third-order valence-electron chi connectivity index (χ3n) is 4.84. The molecule has 0 atom stereocenters. The molecule has 0 unspecified atom stereocenters. The lowest BCUT2D eigenvalue weighted by Gasteiger charge is -2.34. The van der Waals surface area contributed by atoms with Crippen LogP contribution < -0.4 is 5.32 Å². The van der Waals surface area contributed by atoms with Crippen molar-refractivity contribution in [2.45, 2.75) is 20.3 Å². The van der Waals surface area contributed by atoms with Crippen molar-refractivity contribution in [3.63, 3.8) is 0 Å². The van der Waals surface area contributed by atoms with Gasteiger partial charge in [-0.25, -0.2) is 0 Å². The van der Waals surface area contributed by atoms with Crippen LogP contribution in [0.3, 0.4) is 0 Å². The molecule has 0 radical (unpaired) electrons. The summed E-state index contributed by atoms with van der Waals surface area (Å²) in [4.78, 5) is 40.1. The third-order valence-corrected chi connectivity index (χ3v) is 4.84. The van der Waals surface area contributed by atoms with Crippen molar-refractivity contribution >= 4 is 23.4 Å². The van der Waals surface area contributed by atoms with Crippen molar-refractivity contribution in [2.75, 3.05) is 31.5 Å². The topological polar surface area (TPSA) is 82.9 Å². The van der Waals surface area contributed by atoms with Crippen LogP contribution in [0, 0.1) is 13.8 Å². The largest absolute Gasteiger partial charge is 0.459 e. The number of aryl methyl sites for hydroxylation is 1. The number of rotatable bonds is 4. The molecule has 7 nitrogen and oxygen atoms in total. The SMILES string of the molecule is Cc1cccc(NC(=O)CC(=O)N2CCN(C(=O)c3ccco3)CC2)c1C. The van der Waals surface area contributed by atoms with Crippen LogP contribution in [-0.4, -0.2) is 53.7 Å². The summed E-state index contributed by atoms with van der Waals surface area (Å²) < 4.78 is 5.13. The van der Waals surface area contributed by atoms with Crippen LogP contribution in [-0.2, 0) is 9.59 Å². The first kappa shape index (κ1) is 18.7. The molecule has 1 N–H and O–H groups in total. The van der Waals surface area contributed by atoms with Crippen LogP contribution in [0.1, 0.15) is 28.1 Å². The average molecular weight is 369 g/mol. The smallest absolute Gasteiger partial charge is 0.289 e. The van der Waals surface area contributed by atoms with E-state index in [1.54, 1.807) is 21.9 Å². The molecule has 1 saturated heterocycles. The molecule has 0 spiro atoms. The van der Waals surface area contributed by atoms with Gasteiger partial charge in [0.15, 0.2) is 5.76 Å². The van der Waals surface area contributed by atoms with Crippen molar-refractivity contribution < 1.29 is 18.8 Å². The molecule has 1 aromatic carbocycles. The van der Waals surface area contributed by atoms with E-state index >= 15 is 0 Å². The minimum Gasteiger partial charge on any atom is -0.459 e. The van der Waals surface area contributed by atoms with Crippen molar-refractivity contribution in [1.29, 1.82) is 0 Å². The number of piperazine rings is 1. The second-order valence-corrected chi connectivity index (χ2v) is 6.62. The summed E-state index contributed by atoms with van der Waals surface area (Å²) in [6.07, 6.45) is 1.25. The highest BCUT2D eigenvalue weighted by Crippen LogP contribution is 2.18. The summed E-state index contributed by atoms with van der Waals surface area (Å²) in [6, 6.07) is 8.96. The number of benzene rings is 1. The molecule has 2 aromatic rings. The van der Waals surface area contributed by atoms with Crippen molar-refractivity contribution in [1.82, 2.24) is 9.80 Å². The van der Waals surface area contributed by atoms with E-state index in [1.165, 1.54) is 6.26 Å². The van der Waals surface area contributed by atoms with Gasteiger partial charge in [0.1, 0.15) is 6.42 Å². The van der Waals surface area contributed by atoms with E-state index < -0.39 is 0 Å². The standard InChI is InChI=1S/C20H23N3O4/c1-14-5-3-6-16(15(14)2)21-18(24)13-19(25)22-8-10-23(11-9-22)20(26)17-7-4-12-27-17/h3-7,12H,8-11,13H2,1-2H3,(H,21,24). The van der Waals surface area contributed by atoms with E-state index in [9.17, 15) is 14.4 Å². The van der Waals surface area contributed by atoms with Crippen molar-refractivity contribution in [3.8, 4) is 0 Å². The van der Waals surface area contributed by atoms with Gasteiger partial charge in [-0.1, -0.05) is 12.1 Å². The molecular weight excluding hydrogens is 346 g/mol. The Kier molecular flexibility index (Phi) is 5.59. The predicted octanol–water partition coefficient (Wildman–Crippen LogP) is 2.21. The number of hydrogen-bond donors (Lipinski definition) is 1. The summed E-state index contributed by atoms with van der Waals surface area (Å²) in [5.74, 6) is -0.451. The first-order chi connectivity index (χ1) is 13.0. The van der Waals surface area contributed by atoms with Gasteiger partial charge in [0.2, 0.25) is 11.8 Å². The normalized spacial score (nSPS) is 14.1. The van der Waals surface area contributed by atoms with E-state index in [2.05, 4.69) is 5.32 Å². The lowest BCUT2D eigenvalue weighted by atomic mass is 10.1. The van der Waals surface area contributed by atoms with Crippen molar-refractivity contribution in [2.24, 2.45) is 0 Å². The maximum atomic E-state index is 12.4. The molecule has 27 heavy (non-hydrogen) atoms. The molecule has 2 heterocycles. The van der Waals surface area contributed by atoms with E-state index in [0.717, 1.165) is 16.8 Å². The molecular formula is C20H23N3O4. The molecule has 3 amide bonds. The zero-order valence-electron chi connectivity index (χ0n) is 15.5. The minimum absolute atomic E-state index is 0.181. The number of furan rings is 1. The van der Waals surface area contributed by atoms with E-state index in [1.807, 2.05) is 32.0 Å². The summed E-state index contributed by atoms with van der Waals surface area (Å²) in [5.41, 5.74) is 2.79. The first-order valence-corrected chi connectivity index (χ1v) is 8.92. The van der Waals surface area contributed by atoms with Crippen LogP contribution in [0.25, 0.3) is 0 Å². The van der Waals surface area contributed by atoms with Crippen LogP contribution in [0.4, 0.5) is 5.69 Å². The van der Waals surface area contributed by atoms with Gasteiger partial charge in [0.05, 0.1) is 6.26 Å². The molecule has 3 rings (SSSR count). The Morgan fingerprint density at radius 2 is 1.70 bits per heavy atom. The van der Waals surface area contributed by atoms with Crippen LogP contribution in [0.5, 0.6) is 0 Å². The first-order valence-electron chi connectivity index (χ1n) is 8.92. The van der Waals surface area contributed by atoms with Gasteiger partial charge < -0.3 is 19.5 Å². The van der Waals surface area contributed by atoms with Gasteiger partial charge in [0.25, 0.3) is 5.91 Å². The quantitative estimate of drug-likeness (QED) is 0.838. The summed E-state index contributed by atoms with van der Waals surface area (Å²) >= 11 is 0. The van der Waals surface area contributed by atoms with Gasteiger partial charge in [-0.05, 0) is 43.2 Å². The Morgan fingerprint density at radius 1 is 1.00 bits per heavy atom. The molecule has 1 aliphatic heterocycles. The molecule has 1 fully saturated rings. The predicted molar refractivity (Wildman–Crippen MR) is 100 cm³/mol. The van der Waals surface area contributed by atoms with Gasteiger partial charge in [0, 0.05) is 31.9 Å². The van der Waals surface area contributed by atoms with E-state index in [4.69, 9.17) is 4.42 Å². The Labute approximate surface area is 157 Å². The number of carbonyl (C=O) groups excluding carboxylic acids is 3. The molecule has 0 saturated carbocycles. The number of amides is 3. The zero-order chi connectivity index (χ0) is 19.4. The highest BCUT2D eigenvalue weighted by molar-refractivity contribution is 6.04. The van der Waals surface area contributed by atoms with Gasteiger partial charge in [-0.15, -0.1) is 0 Å². The Morgan fingerprint density at radius 3 is 2.37 bits per heavy atom. The molecule has 1 aromatic heterocycles. The van der Waals surface area contributed by atoms with Crippen molar-refractivity contribution in [3.05, 3.63) is 53.5 Å². The summed E-state index contributed by atoms with van der Waals surface area (Å²) in [5, 5.41) is 2.80. The fourth-order valence-electron chi connectivity index (χ4n) is 3.05. The fourth-order valence-corrected chi connectivity index (χ4v) is 3.05. The van der Waals surface area contributed by atoms with Gasteiger partial charge in [-0.2, -0.15) is 0 Å². The zero-order valence-corrected chi connectivity index (χ0v) is 15.5. The maximum absolute atomic E-state index is 12.4. The highest BCUT2D eigenvalue weighted by Gasteiger charge is 2.27. The third kappa shape index (κ3) is 4.36. The number of nitrogens with one attached hydrogen (secondary N) is 1. The number of nitrogens with zero attached hydrogens (tertiary/aromatic N) is 2. The number of anilines is 1.